The van der Waals surface area contributed by atoms with Crippen LogP contribution in [0.2, 0.25) is 0 Å². The van der Waals surface area contributed by atoms with Gasteiger partial charge in [0.2, 0.25) is 18.0 Å². The minimum atomic E-state index is -0.980. The number of nitrogens with zero attached hydrogens (tertiary/aromatic N) is 3. The minimum absolute atomic E-state index is 0.0812. The van der Waals surface area contributed by atoms with Gasteiger partial charge < -0.3 is 19.1 Å². The predicted molar refractivity (Wildman–Crippen MR) is 130 cm³/mol. The Balaban J connectivity index is 1.64. The van der Waals surface area contributed by atoms with Crippen LogP contribution in [0.3, 0.4) is 0 Å². The van der Waals surface area contributed by atoms with Crippen molar-refractivity contribution in [1.82, 2.24) is 14.7 Å². The first-order valence-corrected chi connectivity index (χ1v) is 12.2. The number of carbonyl (C=O) groups excluding carboxylic acids is 2. The van der Waals surface area contributed by atoms with E-state index in [1.165, 1.54) is 28.9 Å². The monoisotopic (exact) mass is 525 g/mol. The summed E-state index contributed by atoms with van der Waals surface area (Å²) in [5.41, 5.74) is 0.712. The molecular weight excluding hydrogens is 500 g/mol. The molecule has 0 bridgehead atoms. The van der Waals surface area contributed by atoms with Crippen molar-refractivity contribution in [3.8, 4) is 5.75 Å². The summed E-state index contributed by atoms with van der Waals surface area (Å²) in [4.78, 5) is 39.7. The van der Waals surface area contributed by atoms with Gasteiger partial charge in [0.15, 0.2) is 5.69 Å². The highest BCUT2D eigenvalue weighted by Crippen LogP contribution is 2.45. The Morgan fingerprint density at radius 1 is 1.03 bits per heavy atom. The number of fused-ring (bicyclic) bond motifs is 2. The van der Waals surface area contributed by atoms with Gasteiger partial charge in [0.05, 0.1) is 24.9 Å². The lowest BCUT2D eigenvalue weighted by atomic mass is 9.80. The van der Waals surface area contributed by atoms with E-state index in [1.807, 2.05) is 0 Å². The van der Waals surface area contributed by atoms with Crippen LogP contribution in [0.4, 0.5) is 13.6 Å². The third-order valence-electron chi connectivity index (χ3n) is 6.85. The van der Waals surface area contributed by atoms with Crippen molar-refractivity contribution >= 4 is 12.1 Å². The van der Waals surface area contributed by atoms with Gasteiger partial charge in [-0.3, -0.25) is 14.3 Å². The standard InChI is InChI=1S/C27H25F2N3O6/c1-2-36-27(35)38-15-37-25-21(33)14-30-32-23(20-4-3-13-31(20)26(34)24(25)32)22(16-5-9-18(28)10-6-16)17-7-11-19(29)12-8-17/h5-12,14,20,22-23H,2-4,13,15H2,1H3/t20-,23-/m1/s1. The van der Waals surface area contributed by atoms with E-state index in [9.17, 15) is 23.2 Å². The maximum absolute atomic E-state index is 13.9. The number of hydrogen-bond donors (Lipinski definition) is 0. The Morgan fingerprint density at radius 2 is 1.66 bits per heavy atom. The van der Waals surface area contributed by atoms with Crippen molar-refractivity contribution in [2.75, 3.05) is 19.9 Å². The second kappa shape index (κ2) is 10.6. The van der Waals surface area contributed by atoms with E-state index in [2.05, 4.69) is 5.10 Å². The maximum atomic E-state index is 13.9. The molecule has 3 heterocycles. The number of aromatic nitrogens is 2. The van der Waals surface area contributed by atoms with Crippen LogP contribution in [-0.2, 0) is 9.47 Å². The molecule has 2 aliphatic heterocycles. The molecule has 1 fully saturated rings. The van der Waals surface area contributed by atoms with Crippen molar-refractivity contribution in [2.24, 2.45) is 0 Å². The molecule has 0 saturated carbocycles. The maximum Gasteiger partial charge on any atom is 0.511 e. The van der Waals surface area contributed by atoms with Crippen LogP contribution in [0, 0.1) is 11.6 Å². The molecule has 0 spiro atoms. The Kier molecular flexibility index (Phi) is 7.08. The molecule has 2 aliphatic rings. The van der Waals surface area contributed by atoms with Crippen LogP contribution < -0.4 is 10.2 Å². The average Bonchev–Trinajstić information content (AvgIpc) is 3.39. The highest BCUT2D eigenvalue weighted by molar-refractivity contribution is 5.96. The number of ether oxygens (including phenoxy) is 3. The lowest BCUT2D eigenvalue weighted by Crippen LogP contribution is -2.51. The highest BCUT2D eigenvalue weighted by atomic mass is 19.1. The molecule has 0 unspecified atom stereocenters. The fourth-order valence-electron chi connectivity index (χ4n) is 5.30. The van der Waals surface area contributed by atoms with Crippen molar-refractivity contribution in [3.05, 3.63) is 93.4 Å². The van der Waals surface area contributed by atoms with E-state index in [0.717, 1.165) is 23.7 Å². The van der Waals surface area contributed by atoms with Gasteiger partial charge in [-0.05, 0) is 55.2 Å². The first-order chi connectivity index (χ1) is 18.4. The first-order valence-electron chi connectivity index (χ1n) is 12.2. The molecule has 0 aliphatic carbocycles. The summed E-state index contributed by atoms with van der Waals surface area (Å²) in [6.45, 7) is 1.52. The van der Waals surface area contributed by atoms with Crippen LogP contribution in [0.1, 0.15) is 53.3 Å². The molecule has 11 heteroatoms. The quantitative estimate of drug-likeness (QED) is 0.339. The molecule has 3 aromatic rings. The number of benzene rings is 2. The van der Waals surface area contributed by atoms with Gasteiger partial charge in [-0.2, -0.15) is 5.10 Å². The van der Waals surface area contributed by atoms with Gasteiger partial charge in [0.1, 0.15) is 11.6 Å². The van der Waals surface area contributed by atoms with Crippen LogP contribution in [0.15, 0.2) is 59.5 Å². The van der Waals surface area contributed by atoms with E-state index < -0.39 is 47.9 Å². The average molecular weight is 526 g/mol. The highest BCUT2D eigenvalue weighted by Gasteiger charge is 2.48. The van der Waals surface area contributed by atoms with Gasteiger partial charge in [-0.25, -0.2) is 13.6 Å². The summed E-state index contributed by atoms with van der Waals surface area (Å²) in [6, 6.07) is 11.1. The predicted octanol–water partition coefficient (Wildman–Crippen LogP) is 4.02. The van der Waals surface area contributed by atoms with Crippen LogP contribution in [0.25, 0.3) is 0 Å². The molecule has 1 aromatic heterocycles. The zero-order chi connectivity index (χ0) is 26.8. The lowest BCUT2D eigenvalue weighted by Gasteiger charge is -2.42. The Bertz CT molecular complexity index is 1350. The molecule has 5 rings (SSSR count). The second-order valence-corrected chi connectivity index (χ2v) is 9.00. The third-order valence-corrected chi connectivity index (χ3v) is 6.85. The zero-order valence-electron chi connectivity index (χ0n) is 20.5. The smallest absolute Gasteiger partial charge is 0.451 e. The summed E-state index contributed by atoms with van der Waals surface area (Å²) < 4.78 is 44.2. The van der Waals surface area contributed by atoms with Gasteiger partial charge in [-0.15, -0.1) is 0 Å². The van der Waals surface area contributed by atoms with Crippen molar-refractivity contribution in [1.29, 1.82) is 0 Å². The molecule has 1 saturated heterocycles. The van der Waals surface area contributed by atoms with Gasteiger partial charge in [-0.1, -0.05) is 24.3 Å². The molecule has 38 heavy (non-hydrogen) atoms. The molecule has 0 radical (unpaired) electrons. The summed E-state index contributed by atoms with van der Waals surface area (Å²) in [5.74, 6) is -2.04. The molecule has 0 N–H and O–H groups in total. The summed E-state index contributed by atoms with van der Waals surface area (Å²) in [6.07, 6.45) is 1.46. The molecule has 198 valence electrons. The topological polar surface area (TPSA) is 100.0 Å². The number of amides is 1. The van der Waals surface area contributed by atoms with Crippen molar-refractivity contribution < 1.29 is 32.6 Å². The molecule has 2 aromatic carbocycles. The number of halogens is 2. The van der Waals surface area contributed by atoms with Crippen LogP contribution >= 0.6 is 0 Å². The summed E-state index contributed by atoms with van der Waals surface area (Å²) in [7, 11) is 0. The number of rotatable bonds is 7. The second-order valence-electron chi connectivity index (χ2n) is 9.00. The third kappa shape index (κ3) is 4.71. The van der Waals surface area contributed by atoms with E-state index >= 15 is 0 Å². The SMILES string of the molecule is CCOC(=O)OCOc1c2n(ncc1=O)[C@@H](C(c1ccc(F)cc1)c1ccc(F)cc1)[C@H]1CCCN1C2=O. The molecular formula is C27H25F2N3O6. The van der Waals surface area contributed by atoms with Gasteiger partial charge in [0.25, 0.3) is 5.91 Å². The van der Waals surface area contributed by atoms with E-state index in [4.69, 9.17) is 14.2 Å². The van der Waals surface area contributed by atoms with Crippen molar-refractivity contribution in [3.63, 3.8) is 0 Å². The number of carbonyl (C=O) groups is 2. The van der Waals surface area contributed by atoms with E-state index in [-0.39, 0.29) is 24.1 Å². The lowest BCUT2D eigenvalue weighted by molar-refractivity contribution is 0.00497. The first kappa shape index (κ1) is 25.4. The molecule has 2 atom stereocenters. The van der Waals surface area contributed by atoms with E-state index in [0.29, 0.717) is 13.0 Å². The van der Waals surface area contributed by atoms with Gasteiger partial charge >= 0.3 is 6.16 Å². The normalized spacial score (nSPS) is 18.2. The van der Waals surface area contributed by atoms with Gasteiger partial charge in [0, 0.05) is 12.5 Å². The Hall–Kier alpha value is -4.28. The number of hydrogen-bond acceptors (Lipinski definition) is 7. The van der Waals surface area contributed by atoms with Crippen LogP contribution in [-0.4, -0.2) is 52.7 Å². The van der Waals surface area contributed by atoms with E-state index in [1.54, 1.807) is 36.1 Å². The summed E-state index contributed by atoms with van der Waals surface area (Å²) >= 11 is 0. The fourth-order valence-corrected chi connectivity index (χ4v) is 5.30. The Morgan fingerprint density at radius 3 is 2.26 bits per heavy atom. The molecule has 9 nitrogen and oxygen atoms in total. The fraction of sp³-hybridized carbons (Fsp3) is 0.333. The Labute approximate surface area is 216 Å². The minimum Gasteiger partial charge on any atom is -0.451 e. The van der Waals surface area contributed by atoms with Crippen molar-refractivity contribution in [2.45, 2.75) is 37.8 Å². The summed E-state index contributed by atoms with van der Waals surface area (Å²) in [5, 5.41) is 4.35. The van der Waals surface area contributed by atoms with Crippen LogP contribution in [0.5, 0.6) is 5.75 Å². The zero-order valence-corrected chi connectivity index (χ0v) is 20.5. The molecule has 1 amide bonds. The largest absolute Gasteiger partial charge is 0.511 e.